The van der Waals surface area contributed by atoms with E-state index in [-0.39, 0.29) is 11.9 Å². The Morgan fingerprint density at radius 2 is 2.05 bits per heavy atom. The molecule has 0 bridgehead atoms. The van der Waals surface area contributed by atoms with Gasteiger partial charge < -0.3 is 11.1 Å². The summed E-state index contributed by atoms with van der Waals surface area (Å²) in [5.41, 5.74) is 6.15. The van der Waals surface area contributed by atoms with Crippen LogP contribution in [0.2, 0.25) is 0 Å². The summed E-state index contributed by atoms with van der Waals surface area (Å²) < 4.78 is 0. The maximum absolute atomic E-state index is 11.6. The number of hydrogen-bond donors (Lipinski definition) is 2. The van der Waals surface area contributed by atoms with Crippen molar-refractivity contribution in [1.29, 1.82) is 0 Å². The molecule has 0 radical (unpaired) electrons. The Bertz CT molecular complexity index is 449. The predicted octanol–water partition coefficient (Wildman–Crippen LogP) is 2.16. The van der Waals surface area contributed by atoms with Crippen LogP contribution in [0, 0.1) is 5.92 Å². The van der Waals surface area contributed by atoms with Crippen LogP contribution >= 0.6 is 0 Å². The van der Waals surface area contributed by atoms with Crippen LogP contribution in [-0.4, -0.2) is 22.4 Å². The van der Waals surface area contributed by atoms with Crippen LogP contribution < -0.4 is 11.1 Å². The Labute approximate surface area is 119 Å². The molecule has 1 fully saturated rings. The molecule has 1 heterocycles. The number of nitrogens with one attached hydrogen (secondary N) is 1. The van der Waals surface area contributed by atoms with Gasteiger partial charge in [0.2, 0.25) is 11.9 Å². The van der Waals surface area contributed by atoms with E-state index in [1.165, 1.54) is 38.2 Å². The molecule has 1 saturated carbocycles. The third-order valence-corrected chi connectivity index (χ3v) is 3.68. The molecule has 1 aromatic rings. The minimum atomic E-state index is -0.0757. The zero-order valence-corrected chi connectivity index (χ0v) is 11.7. The van der Waals surface area contributed by atoms with Crippen LogP contribution in [0.15, 0.2) is 18.5 Å². The molecule has 3 N–H and O–H groups in total. The van der Waals surface area contributed by atoms with Crippen molar-refractivity contribution >= 4 is 17.9 Å². The summed E-state index contributed by atoms with van der Waals surface area (Å²) in [6.45, 7) is 0.748. The Kier molecular flexibility index (Phi) is 5.53. The fraction of sp³-hybridized carbons (Fsp3) is 0.533. The van der Waals surface area contributed by atoms with E-state index in [9.17, 15) is 4.79 Å². The second-order valence-corrected chi connectivity index (χ2v) is 5.29. The van der Waals surface area contributed by atoms with Crippen molar-refractivity contribution in [1.82, 2.24) is 15.3 Å². The van der Waals surface area contributed by atoms with Crippen molar-refractivity contribution in [3.63, 3.8) is 0 Å². The Hall–Kier alpha value is -1.91. The standard InChI is InChI=1S/C15H22N4O/c16-15-18-10-13(11-19-15)7-8-14(20)17-9-3-6-12-4-1-2-5-12/h7-8,10-12H,1-6,9H2,(H,17,20)(H2,16,18,19). The molecular formula is C15H22N4O. The van der Waals surface area contributed by atoms with Crippen molar-refractivity contribution in [3.05, 3.63) is 24.0 Å². The molecular weight excluding hydrogens is 252 g/mol. The van der Waals surface area contributed by atoms with Crippen molar-refractivity contribution in [2.45, 2.75) is 38.5 Å². The van der Waals surface area contributed by atoms with Crippen LogP contribution in [-0.2, 0) is 4.79 Å². The van der Waals surface area contributed by atoms with Crippen molar-refractivity contribution < 1.29 is 4.79 Å². The van der Waals surface area contributed by atoms with E-state index in [1.54, 1.807) is 18.5 Å². The molecule has 2 rings (SSSR count). The highest BCUT2D eigenvalue weighted by Gasteiger charge is 2.13. The topological polar surface area (TPSA) is 80.9 Å². The van der Waals surface area contributed by atoms with Crippen molar-refractivity contribution in [3.8, 4) is 0 Å². The molecule has 1 aliphatic rings. The summed E-state index contributed by atoms with van der Waals surface area (Å²) in [6, 6.07) is 0. The van der Waals surface area contributed by atoms with E-state index in [1.807, 2.05) is 0 Å². The van der Waals surface area contributed by atoms with Crippen LogP contribution in [0.1, 0.15) is 44.1 Å². The summed E-state index contributed by atoms with van der Waals surface area (Å²) in [4.78, 5) is 19.3. The number of anilines is 1. The fourth-order valence-corrected chi connectivity index (χ4v) is 2.57. The number of nitrogen functional groups attached to an aromatic ring is 1. The largest absolute Gasteiger partial charge is 0.368 e. The number of carbonyl (C=O) groups excluding carboxylic acids is 1. The number of amides is 1. The first-order valence-corrected chi connectivity index (χ1v) is 7.27. The lowest BCUT2D eigenvalue weighted by Gasteiger charge is -2.08. The highest BCUT2D eigenvalue weighted by atomic mass is 16.1. The molecule has 0 spiro atoms. The van der Waals surface area contributed by atoms with E-state index in [0.717, 1.165) is 24.4 Å². The summed E-state index contributed by atoms with van der Waals surface area (Å²) >= 11 is 0. The minimum Gasteiger partial charge on any atom is -0.368 e. The van der Waals surface area contributed by atoms with Gasteiger partial charge in [-0.25, -0.2) is 9.97 Å². The van der Waals surface area contributed by atoms with Gasteiger partial charge in [0.15, 0.2) is 0 Å². The second kappa shape index (κ2) is 7.62. The molecule has 1 aliphatic carbocycles. The summed E-state index contributed by atoms with van der Waals surface area (Å²) in [5, 5.41) is 2.90. The van der Waals surface area contributed by atoms with Gasteiger partial charge in [0.1, 0.15) is 0 Å². The van der Waals surface area contributed by atoms with E-state index < -0.39 is 0 Å². The van der Waals surface area contributed by atoms with Gasteiger partial charge in [-0.3, -0.25) is 4.79 Å². The monoisotopic (exact) mass is 274 g/mol. The van der Waals surface area contributed by atoms with Gasteiger partial charge in [-0.1, -0.05) is 25.7 Å². The summed E-state index contributed by atoms with van der Waals surface area (Å²) in [7, 11) is 0. The van der Waals surface area contributed by atoms with E-state index in [0.29, 0.717) is 0 Å². The van der Waals surface area contributed by atoms with Crippen LogP contribution in [0.25, 0.3) is 6.08 Å². The zero-order chi connectivity index (χ0) is 14.2. The maximum Gasteiger partial charge on any atom is 0.244 e. The third kappa shape index (κ3) is 4.99. The molecule has 0 unspecified atom stereocenters. The van der Waals surface area contributed by atoms with Crippen LogP contribution in [0.5, 0.6) is 0 Å². The lowest BCUT2D eigenvalue weighted by atomic mass is 10.0. The first-order valence-electron chi connectivity index (χ1n) is 7.27. The molecule has 1 amide bonds. The van der Waals surface area contributed by atoms with Crippen LogP contribution in [0.4, 0.5) is 5.95 Å². The minimum absolute atomic E-state index is 0.0757. The Balaban J connectivity index is 1.63. The molecule has 1 aromatic heterocycles. The number of nitrogens with zero attached hydrogens (tertiary/aromatic N) is 2. The van der Waals surface area contributed by atoms with Gasteiger partial charge in [0.05, 0.1) is 0 Å². The van der Waals surface area contributed by atoms with Crippen molar-refractivity contribution in [2.24, 2.45) is 5.92 Å². The highest BCUT2D eigenvalue weighted by molar-refractivity contribution is 5.91. The summed E-state index contributed by atoms with van der Waals surface area (Å²) in [5.74, 6) is 1.04. The SMILES string of the molecule is Nc1ncc(C=CC(=O)NCCCC2CCCC2)cn1. The van der Waals surface area contributed by atoms with E-state index in [4.69, 9.17) is 5.73 Å². The molecule has 0 aromatic carbocycles. The fourth-order valence-electron chi connectivity index (χ4n) is 2.57. The van der Waals surface area contributed by atoms with Gasteiger partial charge in [0.25, 0.3) is 0 Å². The summed E-state index contributed by atoms with van der Waals surface area (Å²) in [6.07, 6.45) is 14.2. The number of rotatable bonds is 6. The van der Waals surface area contributed by atoms with E-state index >= 15 is 0 Å². The Morgan fingerprint density at radius 3 is 2.75 bits per heavy atom. The third-order valence-electron chi connectivity index (χ3n) is 3.68. The quantitative estimate of drug-likeness (QED) is 0.615. The number of carbonyl (C=O) groups is 1. The second-order valence-electron chi connectivity index (χ2n) is 5.29. The van der Waals surface area contributed by atoms with Crippen molar-refractivity contribution in [2.75, 3.05) is 12.3 Å². The average Bonchev–Trinajstić information content (AvgIpc) is 2.96. The lowest BCUT2D eigenvalue weighted by Crippen LogP contribution is -2.22. The first kappa shape index (κ1) is 14.5. The number of nitrogens with two attached hydrogens (primary N) is 1. The van der Waals surface area contributed by atoms with E-state index in [2.05, 4.69) is 15.3 Å². The predicted molar refractivity (Wildman–Crippen MR) is 79.7 cm³/mol. The molecule has 5 nitrogen and oxygen atoms in total. The normalized spacial score (nSPS) is 15.8. The maximum atomic E-state index is 11.6. The molecule has 0 aliphatic heterocycles. The number of aromatic nitrogens is 2. The van der Waals surface area contributed by atoms with Gasteiger partial charge in [-0.05, 0) is 24.8 Å². The van der Waals surface area contributed by atoms with Gasteiger partial charge in [-0.2, -0.15) is 0 Å². The molecule has 0 atom stereocenters. The first-order chi connectivity index (χ1) is 9.74. The van der Waals surface area contributed by atoms with Crippen LogP contribution in [0.3, 0.4) is 0 Å². The molecule has 20 heavy (non-hydrogen) atoms. The molecule has 5 heteroatoms. The highest BCUT2D eigenvalue weighted by Crippen LogP contribution is 2.28. The van der Waals surface area contributed by atoms with Gasteiger partial charge in [-0.15, -0.1) is 0 Å². The lowest BCUT2D eigenvalue weighted by molar-refractivity contribution is -0.116. The zero-order valence-electron chi connectivity index (χ0n) is 11.7. The average molecular weight is 274 g/mol. The molecule has 108 valence electrons. The molecule has 0 saturated heterocycles. The number of hydrogen-bond acceptors (Lipinski definition) is 4. The van der Waals surface area contributed by atoms with Gasteiger partial charge in [0, 0.05) is 30.6 Å². The van der Waals surface area contributed by atoms with Gasteiger partial charge >= 0.3 is 0 Å². The Morgan fingerprint density at radius 1 is 1.35 bits per heavy atom. The smallest absolute Gasteiger partial charge is 0.244 e.